The molecule has 0 aliphatic carbocycles. The van der Waals surface area contributed by atoms with Gasteiger partial charge in [0, 0.05) is 12.1 Å². The van der Waals surface area contributed by atoms with Crippen LogP contribution in [0.25, 0.3) is 0 Å². The second-order valence-electron chi connectivity index (χ2n) is 7.33. The Morgan fingerprint density at radius 2 is 1.33 bits per heavy atom. The van der Waals surface area contributed by atoms with Gasteiger partial charge in [-0.2, -0.15) is 0 Å². The van der Waals surface area contributed by atoms with Gasteiger partial charge in [-0.1, -0.05) is 59.3 Å². The maximum absolute atomic E-state index is 3.70. The lowest BCUT2D eigenvalue weighted by Gasteiger charge is -2.34. The van der Waals surface area contributed by atoms with Crippen molar-refractivity contribution in [3.05, 3.63) is 0 Å². The summed E-state index contributed by atoms with van der Waals surface area (Å²) in [6.07, 6.45) is 11.0. The van der Waals surface area contributed by atoms with Gasteiger partial charge in [0.1, 0.15) is 0 Å². The second kappa shape index (κ2) is 8.96. The van der Waals surface area contributed by atoms with Crippen LogP contribution in [-0.4, -0.2) is 12.1 Å². The first-order chi connectivity index (χ1) is 8.33. The van der Waals surface area contributed by atoms with Gasteiger partial charge in [-0.15, -0.1) is 0 Å². The van der Waals surface area contributed by atoms with Gasteiger partial charge in [0.05, 0.1) is 0 Å². The Hall–Kier alpha value is -0.0400. The van der Waals surface area contributed by atoms with E-state index >= 15 is 0 Å². The maximum Gasteiger partial charge on any atom is 0.00967 e. The number of unbranched alkanes of at least 4 members (excludes halogenated alkanes) is 4. The maximum atomic E-state index is 3.70. The number of rotatable bonds is 10. The first-order valence-corrected chi connectivity index (χ1v) is 8.08. The largest absolute Gasteiger partial charge is 0.312 e. The van der Waals surface area contributed by atoms with Crippen LogP contribution in [-0.2, 0) is 0 Å². The highest BCUT2D eigenvalue weighted by Crippen LogP contribution is 2.30. The molecule has 0 saturated heterocycles. The van der Waals surface area contributed by atoms with E-state index in [-0.39, 0.29) is 5.54 Å². The van der Waals surface area contributed by atoms with Crippen LogP contribution in [0, 0.1) is 5.41 Å². The molecule has 18 heavy (non-hydrogen) atoms. The summed E-state index contributed by atoms with van der Waals surface area (Å²) in [6, 6.07) is 0. The normalized spacial score (nSPS) is 15.7. The first-order valence-electron chi connectivity index (χ1n) is 8.08. The van der Waals surface area contributed by atoms with E-state index in [9.17, 15) is 0 Å². The Balaban J connectivity index is 4.00. The van der Waals surface area contributed by atoms with Crippen molar-refractivity contribution in [2.75, 3.05) is 6.54 Å². The molecule has 1 atom stereocenters. The van der Waals surface area contributed by atoms with Gasteiger partial charge in [-0.05, 0) is 39.0 Å². The van der Waals surface area contributed by atoms with Crippen molar-refractivity contribution in [3.8, 4) is 0 Å². The molecule has 1 N–H and O–H groups in total. The van der Waals surface area contributed by atoms with E-state index in [0.29, 0.717) is 5.41 Å². The Labute approximate surface area is 116 Å². The minimum absolute atomic E-state index is 0.247. The highest BCUT2D eigenvalue weighted by atomic mass is 15.0. The fourth-order valence-electron chi connectivity index (χ4n) is 2.54. The molecule has 0 aromatic heterocycles. The second-order valence-corrected chi connectivity index (χ2v) is 7.33. The lowest BCUT2D eigenvalue weighted by molar-refractivity contribution is 0.221. The molecule has 0 rings (SSSR count). The van der Waals surface area contributed by atoms with E-state index in [1.807, 2.05) is 0 Å². The Kier molecular flexibility index (Phi) is 8.94. The Morgan fingerprint density at radius 3 is 1.83 bits per heavy atom. The van der Waals surface area contributed by atoms with Crippen molar-refractivity contribution in [3.63, 3.8) is 0 Å². The molecule has 0 radical (unpaired) electrons. The number of nitrogens with one attached hydrogen (secondary N) is 1. The summed E-state index contributed by atoms with van der Waals surface area (Å²) in [5.74, 6) is 0. The molecule has 0 spiro atoms. The van der Waals surface area contributed by atoms with Gasteiger partial charge in [-0.25, -0.2) is 0 Å². The van der Waals surface area contributed by atoms with E-state index in [2.05, 4.69) is 46.9 Å². The SMILES string of the molecule is CCCCCCCC(C)(CCC)CNC(C)(C)C. The smallest absolute Gasteiger partial charge is 0.00967 e. The van der Waals surface area contributed by atoms with Crippen LogP contribution >= 0.6 is 0 Å². The molecular weight excluding hydrogens is 218 g/mol. The molecule has 0 aliphatic rings. The third-order valence-corrected chi connectivity index (χ3v) is 3.78. The summed E-state index contributed by atoms with van der Waals surface area (Å²) < 4.78 is 0. The van der Waals surface area contributed by atoms with Crippen LogP contribution in [0.4, 0.5) is 0 Å². The highest BCUT2D eigenvalue weighted by molar-refractivity contribution is 4.81. The van der Waals surface area contributed by atoms with Crippen LogP contribution in [0.1, 0.15) is 92.9 Å². The summed E-state index contributed by atoms with van der Waals surface area (Å²) in [5, 5.41) is 3.70. The van der Waals surface area contributed by atoms with Crippen LogP contribution < -0.4 is 5.32 Å². The topological polar surface area (TPSA) is 12.0 Å². The lowest BCUT2D eigenvalue weighted by atomic mass is 9.80. The van der Waals surface area contributed by atoms with Crippen LogP contribution in [0.5, 0.6) is 0 Å². The van der Waals surface area contributed by atoms with Crippen molar-refractivity contribution in [2.45, 2.75) is 98.4 Å². The zero-order chi connectivity index (χ0) is 14.1. The molecular formula is C17H37N. The highest BCUT2D eigenvalue weighted by Gasteiger charge is 2.24. The van der Waals surface area contributed by atoms with Crippen molar-refractivity contribution in [2.24, 2.45) is 5.41 Å². The predicted octanol–water partition coefficient (Wildman–Crippen LogP) is 5.54. The molecule has 0 fully saturated rings. The van der Waals surface area contributed by atoms with Crippen LogP contribution in [0.15, 0.2) is 0 Å². The number of hydrogen-bond acceptors (Lipinski definition) is 1. The molecule has 0 amide bonds. The zero-order valence-corrected chi connectivity index (χ0v) is 13.9. The van der Waals surface area contributed by atoms with Crippen molar-refractivity contribution in [1.29, 1.82) is 0 Å². The number of hydrogen-bond donors (Lipinski definition) is 1. The first kappa shape index (κ1) is 18.0. The van der Waals surface area contributed by atoms with Crippen molar-refractivity contribution in [1.82, 2.24) is 5.32 Å². The van der Waals surface area contributed by atoms with Gasteiger partial charge in [0.15, 0.2) is 0 Å². The molecule has 0 bridgehead atoms. The van der Waals surface area contributed by atoms with E-state index in [0.717, 1.165) is 6.54 Å². The molecule has 0 aromatic rings. The quantitative estimate of drug-likeness (QED) is 0.505. The third-order valence-electron chi connectivity index (χ3n) is 3.78. The molecule has 0 aromatic carbocycles. The van der Waals surface area contributed by atoms with Gasteiger partial charge >= 0.3 is 0 Å². The molecule has 1 heteroatoms. The zero-order valence-electron chi connectivity index (χ0n) is 13.9. The predicted molar refractivity (Wildman–Crippen MR) is 84.1 cm³/mol. The fraction of sp³-hybridized carbons (Fsp3) is 1.00. The van der Waals surface area contributed by atoms with E-state index in [1.54, 1.807) is 0 Å². The fourth-order valence-corrected chi connectivity index (χ4v) is 2.54. The van der Waals surface area contributed by atoms with E-state index in [4.69, 9.17) is 0 Å². The summed E-state index contributed by atoms with van der Waals surface area (Å²) in [6.45, 7) is 15.0. The van der Waals surface area contributed by atoms with Crippen molar-refractivity contribution < 1.29 is 0 Å². The summed E-state index contributed by atoms with van der Waals surface area (Å²) in [4.78, 5) is 0. The van der Waals surface area contributed by atoms with Gasteiger partial charge in [0.2, 0.25) is 0 Å². The van der Waals surface area contributed by atoms with E-state index in [1.165, 1.54) is 51.4 Å². The third kappa shape index (κ3) is 9.94. The van der Waals surface area contributed by atoms with Gasteiger partial charge in [-0.3, -0.25) is 0 Å². The average molecular weight is 255 g/mol. The molecule has 110 valence electrons. The lowest BCUT2D eigenvalue weighted by Crippen LogP contribution is -2.43. The minimum atomic E-state index is 0.247. The molecule has 0 aliphatic heterocycles. The summed E-state index contributed by atoms with van der Waals surface area (Å²) in [5.41, 5.74) is 0.742. The minimum Gasteiger partial charge on any atom is -0.312 e. The Morgan fingerprint density at radius 1 is 0.722 bits per heavy atom. The van der Waals surface area contributed by atoms with Crippen LogP contribution in [0.3, 0.4) is 0 Å². The summed E-state index contributed by atoms with van der Waals surface area (Å²) >= 11 is 0. The molecule has 0 heterocycles. The van der Waals surface area contributed by atoms with Crippen LogP contribution in [0.2, 0.25) is 0 Å². The van der Waals surface area contributed by atoms with Gasteiger partial charge in [0.25, 0.3) is 0 Å². The monoisotopic (exact) mass is 255 g/mol. The summed E-state index contributed by atoms with van der Waals surface area (Å²) in [7, 11) is 0. The van der Waals surface area contributed by atoms with Crippen molar-refractivity contribution >= 4 is 0 Å². The Bertz CT molecular complexity index is 192. The standard InChI is InChI=1S/C17H37N/c1-7-9-10-11-12-14-17(6,13-8-2)15-18-16(3,4)5/h18H,7-15H2,1-6H3. The molecule has 0 saturated carbocycles. The van der Waals surface area contributed by atoms with E-state index < -0.39 is 0 Å². The average Bonchev–Trinajstić information content (AvgIpc) is 2.26. The molecule has 1 nitrogen and oxygen atoms in total. The van der Waals surface area contributed by atoms with Gasteiger partial charge < -0.3 is 5.32 Å². The molecule has 1 unspecified atom stereocenters.